The number of unbranched alkanes of at least 4 members (excludes halogenated alkanes) is 24. The first-order valence-electron chi connectivity index (χ1n) is 24.7. The number of nitrogens with zero attached hydrogens (tertiary/aromatic N) is 2. The molecule has 0 heterocycles. The third-order valence-corrected chi connectivity index (χ3v) is 11.0. The van der Waals surface area contributed by atoms with Crippen LogP contribution in [0.25, 0.3) is 10.6 Å². The average molecular weight is 820 g/mol. The molecule has 1 radical (unpaired) electrons. The van der Waals surface area contributed by atoms with Crippen LogP contribution in [-0.4, -0.2) is 26.2 Å². The standard InChI is InChI=1S/2C26H54N.Co/c2*1-25(2,3)21-17-13-9-7-11-15-19-23-27-24-20-16-12-8-10-14-18-22-26(4,5)6;/h2*7-24H2,1-6H3;/q2*-1;+2. The summed E-state index contributed by atoms with van der Waals surface area (Å²) in [7, 11) is 0. The molecule has 0 fully saturated rings. The fourth-order valence-corrected chi connectivity index (χ4v) is 7.27. The van der Waals surface area contributed by atoms with Crippen LogP contribution in [0.15, 0.2) is 0 Å². The molecule has 0 unspecified atom stereocenters. The number of hydrogen-bond acceptors (Lipinski definition) is 0. The fourth-order valence-electron chi connectivity index (χ4n) is 7.27. The molecule has 3 heteroatoms. The van der Waals surface area contributed by atoms with Gasteiger partial charge in [0.1, 0.15) is 0 Å². The van der Waals surface area contributed by atoms with E-state index in [1.807, 2.05) is 0 Å². The van der Waals surface area contributed by atoms with Gasteiger partial charge in [0, 0.05) is 0 Å². The second-order valence-electron chi connectivity index (χ2n) is 22.5. The zero-order valence-corrected chi connectivity index (χ0v) is 41.7. The summed E-state index contributed by atoms with van der Waals surface area (Å²) in [6.45, 7) is 32.7. The van der Waals surface area contributed by atoms with Gasteiger partial charge in [-0.05, 0) is 47.3 Å². The molecule has 0 spiro atoms. The van der Waals surface area contributed by atoms with Crippen molar-refractivity contribution in [2.45, 2.75) is 289 Å². The Balaban J connectivity index is -0.000000966. The van der Waals surface area contributed by atoms with Gasteiger partial charge < -0.3 is 10.6 Å². The SMILES string of the molecule is CC(C)(C)CCCCCCCCC[N-]CCCCCCCCCC(C)(C)C.CC(C)(C)CCCCCCCCC[N-]CCCCCCCCCC(C)(C)C.[Co+2]. The van der Waals surface area contributed by atoms with Gasteiger partial charge in [-0.1, -0.05) is 263 Å². The minimum absolute atomic E-state index is 0. The summed E-state index contributed by atoms with van der Waals surface area (Å²) < 4.78 is 0. The van der Waals surface area contributed by atoms with E-state index in [-0.39, 0.29) is 16.8 Å². The molecule has 0 saturated heterocycles. The van der Waals surface area contributed by atoms with Crippen LogP contribution in [0, 0.1) is 21.7 Å². The van der Waals surface area contributed by atoms with Crippen LogP contribution in [0.4, 0.5) is 0 Å². The summed E-state index contributed by atoms with van der Waals surface area (Å²) >= 11 is 0. The van der Waals surface area contributed by atoms with Crippen molar-refractivity contribution < 1.29 is 16.8 Å². The Kier molecular flexibility index (Phi) is 43.3. The number of rotatable bonds is 36. The van der Waals surface area contributed by atoms with Crippen molar-refractivity contribution in [3.8, 4) is 0 Å². The van der Waals surface area contributed by atoms with Crippen molar-refractivity contribution in [3.05, 3.63) is 10.6 Å². The van der Waals surface area contributed by atoms with Gasteiger partial charge in [-0.25, -0.2) is 0 Å². The fraction of sp³-hybridized carbons (Fsp3) is 1.00. The van der Waals surface area contributed by atoms with Crippen LogP contribution in [0.3, 0.4) is 0 Å². The van der Waals surface area contributed by atoms with Crippen LogP contribution in [0.5, 0.6) is 0 Å². The van der Waals surface area contributed by atoms with Gasteiger partial charge in [0.15, 0.2) is 0 Å². The van der Waals surface area contributed by atoms with Crippen LogP contribution < -0.4 is 0 Å². The molecule has 0 saturated carbocycles. The minimum atomic E-state index is 0. The molecule has 335 valence electrons. The van der Waals surface area contributed by atoms with Crippen molar-refractivity contribution in [3.63, 3.8) is 0 Å². The van der Waals surface area contributed by atoms with E-state index in [1.165, 1.54) is 205 Å². The molecule has 55 heavy (non-hydrogen) atoms. The first-order chi connectivity index (χ1) is 25.4. The zero-order valence-electron chi connectivity index (χ0n) is 40.7. The first kappa shape index (κ1) is 59.7. The van der Waals surface area contributed by atoms with Gasteiger partial charge in [0.05, 0.1) is 0 Å². The van der Waals surface area contributed by atoms with Gasteiger partial charge in [-0.2, -0.15) is 0 Å². The van der Waals surface area contributed by atoms with E-state index >= 15 is 0 Å². The van der Waals surface area contributed by atoms with E-state index in [0.29, 0.717) is 21.7 Å². The number of hydrogen-bond donors (Lipinski definition) is 0. The molecular weight excluding hydrogens is 712 g/mol. The summed E-state index contributed by atoms with van der Waals surface area (Å²) in [6, 6.07) is 0. The Morgan fingerprint density at radius 1 is 0.200 bits per heavy atom. The zero-order chi connectivity index (χ0) is 40.9. The molecule has 0 aromatic rings. The van der Waals surface area contributed by atoms with Crippen molar-refractivity contribution in [2.75, 3.05) is 26.2 Å². The smallest absolute Gasteiger partial charge is 0.662 e. The Bertz CT molecular complexity index is 598. The van der Waals surface area contributed by atoms with Crippen molar-refractivity contribution in [2.24, 2.45) is 21.7 Å². The Morgan fingerprint density at radius 2 is 0.327 bits per heavy atom. The van der Waals surface area contributed by atoms with Gasteiger partial charge in [0.2, 0.25) is 0 Å². The summed E-state index contributed by atoms with van der Waals surface area (Å²) in [5.74, 6) is 0. The molecule has 0 aromatic carbocycles. The third kappa shape index (κ3) is 63.8. The summed E-state index contributed by atoms with van der Waals surface area (Å²) in [4.78, 5) is 0. The van der Waals surface area contributed by atoms with E-state index < -0.39 is 0 Å². The van der Waals surface area contributed by atoms with E-state index in [2.05, 4.69) is 83.1 Å². The van der Waals surface area contributed by atoms with Crippen LogP contribution >= 0.6 is 0 Å². The maximum atomic E-state index is 4.72. The van der Waals surface area contributed by atoms with Crippen LogP contribution in [0.2, 0.25) is 0 Å². The molecule has 0 rings (SSSR count). The largest absolute Gasteiger partial charge is 2.00 e. The van der Waals surface area contributed by atoms with Crippen molar-refractivity contribution in [1.29, 1.82) is 0 Å². The maximum absolute atomic E-state index is 4.72. The maximum Gasteiger partial charge on any atom is 2.00 e. The molecule has 0 N–H and O–H groups in total. The molecule has 0 aromatic heterocycles. The Hall–Kier alpha value is 0.426. The predicted octanol–water partition coefficient (Wildman–Crippen LogP) is 19.4. The van der Waals surface area contributed by atoms with Crippen molar-refractivity contribution >= 4 is 0 Å². The van der Waals surface area contributed by atoms with Gasteiger partial charge in [-0.15, -0.1) is 26.2 Å². The van der Waals surface area contributed by atoms with Crippen LogP contribution in [0.1, 0.15) is 289 Å². The average Bonchev–Trinajstić information content (AvgIpc) is 3.05. The topological polar surface area (TPSA) is 28.2 Å². The van der Waals surface area contributed by atoms with E-state index in [1.54, 1.807) is 0 Å². The molecule has 0 atom stereocenters. The molecular formula is C52H108CoN2. The minimum Gasteiger partial charge on any atom is -0.662 e. The van der Waals surface area contributed by atoms with E-state index in [0.717, 1.165) is 26.2 Å². The third-order valence-electron chi connectivity index (χ3n) is 11.0. The predicted molar refractivity (Wildman–Crippen MR) is 252 cm³/mol. The van der Waals surface area contributed by atoms with E-state index in [4.69, 9.17) is 10.6 Å². The normalized spacial score (nSPS) is 12.4. The summed E-state index contributed by atoms with van der Waals surface area (Å²) in [6.07, 6.45) is 44.8. The van der Waals surface area contributed by atoms with Crippen molar-refractivity contribution in [1.82, 2.24) is 0 Å². The second kappa shape index (κ2) is 39.9. The molecule has 0 aliphatic rings. The quantitative estimate of drug-likeness (QED) is 0.0564. The summed E-state index contributed by atoms with van der Waals surface area (Å²) in [5, 5.41) is 9.44. The second-order valence-corrected chi connectivity index (χ2v) is 22.5. The van der Waals surface area contributed by atoms with Gasteiger partial charge in [-0.3, -0.25) is 0 Å². The summed E-state index contributed by atoms with van der Waals surface area (Å²) in [5.41, 5.74) is 2.09. The molecule has 0 aliphatic carbocycles. The first-order valence-corrected chi connectivity index (χ1v) is 24.7. The van der Waals surface area contributed by atoms with E-state index in [9.17, 15) is 0 Å². The molecule has 0 amide bonds. The monoisotopic (exact) mass is 820 g/mol. The molecule has 2 nitrogen and oxygen atoms in total. The Labute approximate surface area is 362 Å². The van der Waals surface area contributed by atoms with Crippen LogP contribution in [-0.2, 0) is 16.8 Å². The van der Waals surface area contributed by atoms with Gasteiger partial charge in [0.25, 0.3) is 0 Å². The molecule has 0 aliphatic heterocycles. The molecule has 0 bridgehead atoms. The van der Waals surface area contributed by atoms with Gasteiger partial charge >= 0.3 is 16.8 Å². The Morgan fingerprint density at radius 3 is 0.473 bits per heavy atom.